The van der Waals surface area contributed by atoms with Gasteiger partial charge in [-0.25, -0.2) is 4.79 Å². The summed E-state index contributed by atoms with van der Waals surface area (Å²) in [5.41, 5.74) is 0. The fourth-order valence-corrected chi connectivity index (χ4v) is 2.67. The number of carbonyl (C=O) groups is 3. The highest BCUT2D eigenvalue weighted by Gasteiger charge is 2.47. The molecule has 1 amide bonds. The van der Waals surface area contributed by atoms with Crippen molar-refractivity contribution in [2.45, 2.75) is 57.3 Å². The fourth-order valence-electron chi connectivity index (χ4n) is 2.67. The van der Waals surface area contributed by atoms with Crippen LogP contribution in [-0.4, -0.2) is 41.5 Å². The Morgan fingerprint density at radius 2 is 2.30 bits per heavy atom. The van der Waals surface area contributed by atoms with Crippen molar-refractivity contribution in [3.05, 3.63) is 12.3 Å². The summed E-state index contributed by atoms with van der Waals surface area (Å²) in [6.07, 6.45) is 5.07. The second-order valence-electron chi connectivity index (χ2n) is 5.08. The number of carbonyl (C=O) groups excluding carboxylic acids is 3. The molecule has 0 unspecified atom stereocenters. The summed E-state index contributed by atoms with van der Waals surface area (Å²) >= 11 is 0. The molecule has 0 radical (unpaired) electrons. The average Bonchev–Trinajstić information content (AvgIpc) is 2.75. The standard InChI is InChI=1S/C14H19NO5/c1-2-3-4-5-12(19-9-16)13-11-8-10(17)6-7-15(11)14(18)20-13/h6-7,9,11-13H,2-5,8H2,1H3/t11-,12+,13-/m1/s1. The minimum absolute atomic E-state index is 0.0482. The van der Waals surface area contributed by atoms with E-state index < -0.39 is 18.3 Å². The van der Waals surface area contributed by atoms with Gasteiger partial charge in [-0.15, -0.1) is 0 Å². The maximum atomic E-state index is 11.8. The molecule has 0 aromatic carbocycles. The number of allylic oxidation sites excluding steroid dienone is 1. The van der Waals surface area contributed by atoms with Crippen LogP contribution < -0.4 is 0 Å². The van der Waals surface area contributed by atoms with Crippen molar-refractivity contribution in [1.82, 2.24) is 4.90 Å². The first kappa shape index (κ1) is 14.6. The lowest BCUT2D eigenvalue weighted by Gasteiger charge is -2.28. The van der Waals surface area contributed by atoms with Gasteiger partial charge in [-0.3, -0.25) is 14.5 Å². The Labute approximate surface area is 117 Å². The zero-order chi connectivity index (χ0) is 14.5. The smallest absolute Gasteiger partial charge is 0.414 e. The molecule has 0 aliphatic carbocycles. The summed E-state index contributed by atoms with van der Waals surface area (Å²) in [6, 6.07) is -0.369. The van der Waals surface area contributed by atoms with Crippen LogP contribution in [0.15, 0.2) is 12.3 Å². The number of unbranched alkanes of at least 4 members (excludes halogenated alkanes) is 2. The van der Waals surface area contributed by atoms with E-state index in [9.17, 15) is 14.4 Å². The summed E-state index contributed by atoms with van der Waals surface area (Å²) < 4.78 is 10.4. The zero-order valence-corrected chi connectivity index (χ0v) is 11.5. The van der Waals surface area contributed by atoms with Crippen LogP contribution in [0.4, 0.5) is 4.79 Å². The van der Waals surface area contributed by atoms with Gasteiger partial charge in [0.2, 0.25) is 0 Å². The van der Waals surface area contributed by atoms with Crippen LogP contribution in [0, 0.1) is 0 Å². The van der Waals surface area contributed by atoms with Gasteiger partial charge in [0.1, 0.15) is 6.10 Å². The van der Waals surface area contributed by atoms with Crippen molar-refractivity contribution in [2.75, 3.05) is 0 Å². The molecule has 6 heteroatoms. The van der Waals surface area contributed by atoms with Crippen LogP contribution in [0.2, 0.25) is 0 Å². The molecule has 6 nitrogen and oxygen atoms in total. The molecule has 110 valence electrons. The molecule has 0 aromatic rings. The van der Waals surface area contributed by atoms with Gasteiger partial charge in [-0.05, 0) is 18.9 Å². The Hall–Kier alpha value is -1.85. The number of fused-ring (bicyclic) bond motifs is 1. The SMILES string of the molecule is CCCCC[C@H](OC=O)[C@@H]1OC(=O)N2C=CC(=O)C[C@H]12. The number of ether oxygens (including phenoxy) is 2. The third-order valence-electron chi connectivity index (χ3n) is 3.70. The maximum absolute atomic E-state index is 11.8. The monoisotopic (exact) mass is 281 g/mol. The van der Waals surface area contributed by atoms with Gasteiger partial charge in [0.25, 0.3) is 6.47 Å². The molecule has 0 saturated carbocycles. The first-order valence-electron chi connectivity index (χ1n) is 6.96. The average molecular weight is 281 g/mol. The predicted molar refractivity (Wildman–Crippen MR) is 69.7 cm³/mol. The van der Waals surface area contributed by atoms with Crippen molar-refractivity contribution < 1.29 is 23.9 Å². The molecule has 20 heavy (non-hydrogen) atoms. The van der Waals surface area contributed by atoms with E-state index >= 15 is 0 Å². The quantitative estimate of drug-likeness (QED) is 0.525. The lowest BCUT2D eigenvalue weighted by Crippen LogP contribution is -2.43. The number of cyclic esters (lactones) is 1. The summed E-state index contributed by atoms with van der Waals surface area (Å²) in [4.78, 5) is 35.3. The molecule has 0 aromatic heterocycles. The van der Waals surface area contributed by atoms with Gasteiger partial charge in [-0.2, -0.15) is 0 Å². The van der Waals surface area contributed by atoms with Gasteiger partial charge in [0.15, 0.2) is 11.9 Å². The number of hydrogen-bond donors (Lipinski definition) is 0. The second-order valence-corrected chi connectivity index (χ2v) is 5.08. The molecule has 1 fully saturated rings. The summed E-state index contributed by atoms with van der Waals surface area (Å²) in [5.74, 6) is -0.0482. The van der Waals surface area contributed by atoms with Crippen LogP contribution in [0.1, 0.15) is 39.0 Å². The van der Waals surface area contributed by atoms with E-state index in [2.05, 4.69) is 6.92 Å². The predicted octanol–water partition coefficient (Wildman–Crippen LogP) is 1.78. The number of amides is 1. The minimum Gasteiger partial charge on any atom is -0.461 e. The van der Waals surface area contributed by atoms with Crippen LogP contribution in [0.5, 0.6) is 0 Å². The van der Waals surface area contributed by atoms with E-state index in [1.807, 2.05) is 0 Å². The third-order valence-corrected chi connectivity index (χ3v) is 3.70. The van der Waals surface area contributed by atoms with Crippen LogP contribution in [-0.2, 0) is 19.1 Å². The first-order valence-corrected chi connectivity index (χ1v) is 6.96. The number of hydrogen-bond acceptors (Lipinski definition) is 5. The van der Waals surface area contributed by atoms with E-state index in [1.54, 1.807) is 0 Å². The third kappa shape index (κ3) is 3.00. The molecule has 2 aliphatic rings. The second kappa shape index (κ2) is 6.54. The van der Waals surface area contributed by atoms with Crippen molar-refractivity contribution >= 4 is 18.3 Å². The van der Waals surface area contributed by atoms with Crippen LogP contribution in [0.3, 0.4) is 0 Å². The molecular weight excluding hydrogens is 262 g/mol. The number of ketones is 1. The largest absolute Gasteiger partial charge is 0.461 e. The van der Waals surface area contributed by atoms with Gasteiger partial charge in [0, 0.05) is 12.6 Å². The van der Waals surface area contributed by atoms with Crippen molar-refractivity contribution in [1.29, 1.82) is 0 Å². The van der Waals surface area contributed by atoms with Gasteiger partial charge >= 0.3 is 6.09 Å². The van der Waals surface area contributed by atoms with Gasteiger partial charge < -0.3 is 9.47 Å². The summed E-state index contributed by atoms with van der Waals surface area (Å²) in [7, 11) is 0. The number of rotatable bonds is 7. The van der Waals surface area contributed by atoms with Gasteiger partial charge in [-0.1, -0.05) is 19.8 Å². The Morgan fingerprint density at radius 1 is 1.50 bits per heavy atom. The van der Waals surface area contributed by atoms with E-state index in [4.69, 9.17) is 9.47 Å². The topological polar surface area (TPSA) is 72.9 Å². The molecule has 2 aliphatic heterocycles. The van der Waals surface area contributed by atoms with Crippen LogP contribution in [0.25, 0.3) is 0 Å². The fraction of sp³-hybridized carbons (Fsp3) is 0.643. The van der Waals surface area contributed by atoms with E-state index in [0.29, 0.717) is 12.9 Å². The highest BCUT2D eigenvalue weighted by atomic mass is 16.6. The molecule has 0 bridgehead atoms. The van der Waals surface area contributed by atoms with Crippen LogP contribution >= 0.6 is 0 Å². The lowest BCUT2D eigenvalue weighted by molar-refractivity contribution is -0.139. The summed E-state index contributed by atoms with van der Waals surface area (Å²) in [6.45, 7) is 2.46. The molecular formula is C14H19NO5. The molecule has 0 spiro atoms. The Bertz CT molecular complexity index is 420. The van der Waals surface area contributed by atoms with Crippen molar-refractivity contribution in [3.63, 3.8) is 0 Å². The molecule has 2 heterocycles. The van der Waals surface area contributed by atoms with Crippen molar-refractivity contribution in [3.8, 4) is 0 Å². The van der Waals surface area contributed by atoms with E-state index in [0.717, 1.165) is 19.3 Å². The normalized spacial score (nSPS) is 26.1. The first-order chi connectivity index (χ1) is 9.67. The Balaban J connectivity index is 2.08. The lowest BCUT2D eigenvalue weighted by atomic mass is 9.95. The molecule has 1 saturated heterocycles. The number of nitrogens with zero attached hydrogens (tertiary/aromatic N) is 1. The minimum atomic E-state index is -0.571. The molecule has 2 rings (SSSR count). The molecule has 0 N–H and O–H groups in total. The van der Waals surface area contributed by atoms with E-state index in [1.165, 1.54) is 17.2 Å². The summed E-state index contributed by atoms with van der Waals surface area (Å²) in [5, 5.41) is 0. The van der Waals surface area contributed by atoms with E-state index in [-0.39, 0.29) is 18.2 Å². The maximum Gasteiger partial charge on any atom is 0.414 e. The zero-order valence-electron chi connectivity index (χ0n) is 11.5. The highest BCUT2D eigenvalue weighted by Crippen LogP contribution is 2.30. The van der Waals surface area contributed by atoms with Gasteiger partial charge in [0.05, 0.1) is 6.04 Å². The highest BCUT2D eigenvalue weighted by molar-refractivity contribution is 5.93. The Morgan fingerprint density at radius 3 is 3.00 bits per heavy atom. The van der Waals surface area contributed by atoms with Crippen molar-refractivity contribution in [2.24, 2.45) is 0 Å². The molecule has 3 atom stereocenters. The Kier molecular flexibility index (Phi) is 4.76.